The van der Waals surface area contributed by atoms with Gasteiger partial charge >= 0.3 is 0 Å². The van der Waals surface area contributed by atoms with E-state index in [-0.39, 0.29) is 47.1 Å². The number of ether oxygens (including phenoxy) is 2. The van der Waals surface area contributed by atoms with Gasteiger partial charge in [0.25, 0.3) is 11.4 Å². The summed E-state index contributed by atoms with van der Waals surface area (Å²) in [6.45, 7) is 0. The second-order valence-electron chi connectivity index (χ2n) is 5.88. The molecule has 0 aliphatic rings. The van der Waals surface area contributed by atoms with Gasteiger partial charge in [-0.1, -0.05) is 0 Å². The minimum Gasteiger partial charge on any atom is -0.496 e. The highest BCUT2D eigenvalue weighted by molar-refractivity contribution is 5.98. The fraction of sp³-hybridized carbons (Fsp3) is 0.222. The number of amides is 2. The van der Waals surface area contributed by atoms with Crippen LogP contribution in [0.3, 0.4) is 0 Å². The van der Waals surface area contributed by atoms with Gasteiger partial charge in [-0.15, -0.1) is 0 Å². The highest BCUT2D eigenvalue weighted by atomic mass is 16.6. The summed E-state index contributed by atoms with van der Waals surface area (Å²) < 4.78 is 9.83. The molecule has 2 aromatic carbocycles. The standard InChI is InChI=1S/C18H18N4O8/c1-29-11-3-5-13(15(9-11)21(25)26)19-17(23)7-8-18(24)20-14-6-4-12(30-2)10-16(14)22(27)28/h3-6,9-10H,7-8H2,1-2H3,(H,19,23)(H,20,24). The summed E-state index contributed by atoms with van der Waals surface area (Å²) in [6.07, 6.45) is -0.585. The van der Waals surface area contributed by atoms with Crippen LogP contribution in [-0.4, -0.2) is 35.9 Å². The van der Waals surface area contributed by atoms with Crippen LogP contribution < -0.4 is 20.1 Å². The van der Waals surface area contributed by atoms with Gasteiger partial charge in [-0.2, -0.15) is 0 Å². The van der Waals surface area contributed by atoms with Crippen molar-refractivity contribution in [2.24, 2.45) is 0 Å². The van der Waals surface area contributed by atoms with Crippen molar-refractivity contribution in [2.45, 2.75) is 12.8 Å². The number of carbonyl (C=O) groups is 2. The lowest BCUT2D eigenvalue weighted by Crippen LogP contribution is -2.18. The molecule has 0 unspecified atom stereocenters. The number of hydrogen-bond acceptors (Lipinski definition) is 8. The van der Waals surface area contributed by atoms with Crippen LogP contribution in [0.4, 0.5) is 22.7 Å². The molecule has 30 heavy (non-hydrogen) atoms. The number of nitrogens with zero attached hydrogens (tertiary/aromatic N) is 2. The second kappa shape index (κ2) is 9.82. The third kappa shape index (κ3) is 5.64. The molecule has 158 valence electrons. The minimum absolute atomic E-state index is 0.0444. The molecule has 0 bridgehead atoms. The molecule has 2 amide bonds. The molecule has 0 heterocycles. The summed E-state index contributed by atoms with van der Waals surface area (Å²) in [5, 5.41) is 27.0. The zero-order valence-electron chi connectivity index (χ0n) is 16.0. The van der Waals surface area contributed by atoms with E-state index in [4.69, 9.17) is 9.47 Å². The predicted octanol–water partition coefficient (Wildman–Crippen LogP) is 2.88. The van der Waals surface area contributed by atoms with Gasteiger partial charge < -0.3 is 20.1 Å². The molecule has 12 nitrogen and oxygen atoms in total. The first kappa shape index (κ1) is 22.1. The Morgan fingerprint density at radius 2 is 1.17 bits per heavy atom. The molecule has 0 atom stereocenters. The lowest BCUT2D eigenvalue weighted by atomic mass is 10.2. The summed E-state index contributed by atoms with van der Waals surface area (Å²) in [4.78, 5) is 45.1. The molecule has 0 spiro atoms. The fourth-order valence-electron chi connectivity index (χ4n) is 2.44. The molecular weight excluding hydrogens is 400 g/mol. The number of anilines is 2. The Kier molecular flexibility index (Phi) is 7.22. The van der Waals surface area contributed by atoms with E-state index in [0.29, 0.717) is 0 Å². The highest BCUT2D eigenvalue weighted by Crippen LogP contribution is 2.30. The van der Waals surface area contributed by atoms with Gasteiger partial charge in [-0.05, 0) is 24.3 Å². The highest BCUT2D eigenvalue weighted by Gasteiger charge is 2.20. The lowest BCUT2D eigenvalue weighted by Gasteiger charge is -2.09. The summed E-state index contributed by atoms with van der Waals surface area (Å²) in [7, 11) is 2.70. The zero-order valence-corrected chi connectivity index (χ0v) is 16.0. The van der Waals surface area contributed by atoms with E-state index in [2.05, 4.69) is 10.6 Å². The fourth-order valence-corrected chi connectivity index (χ4v) is 2.44. The summed E-state index contributed by atoms with van der Waals surface area (Å²) in [6, 6.07) is 7.83. The van der Waals surface area contributed by atoms with Crippen LogP contribution in [0, 0.1) is 20.2 Å². The van der Waals surface area contributed by atoms with Crippen LogP contribution in [-0.2, 0) is 9.59 Å². The maximum Gasteiger partial charge on any atom is 0.296 e. The second-order valence-corrected chi connectivity index (χ2v) is 5.88. The quantitative estimate of drug-likeness (QED) is 0.464. The molecule has 0 aliphatic carbocycles. The Hall–Kier alpha value is -4.22. The monoisotopic (exact) mass is 418 g/mol. The average molecular weight is 418 g/mol. The normalized spacial score (nSPS) is 10.1. The van der Waals surface area contributed by atoms with E-state index in [1.54, 1.807) is 0 Å². The van der Waals surface area contributed by atoms with Crippen molar-refractivity contribution >= 4 is 34.6 Å². The predicted molar refractivity (Wildman–Crippen MR) is 106 cm³/mol. The first-order valence-electron chi connectivity index (χ1n) is 8.49. The Bertz CT molecular complexity index is 913. The molecule has 0 radical (unpaired) electrons. The lowest BCUT2D eigenvalue weighted by molar-refractivity contribution is -0.384. The molecule has 0 saturated heterocycles. The van der Waals surface area contributed by atoms with Crippen LogP contribution in [0.25, 0.3) is 0 Å². The van der Waals surface area contributed by atoms with E-state index in [0.717, 1.165) is 12.1 Å². The van der Waals surface area contributed by atoms with Gasteiger partial charge in [0.05, 0.1) is 36.2 Å². The van der Waals surface area contributed by atoms with E-state index in [1.165, 1.54) is 38.5 Å². The molecule has 2 aromatic rings. The number of rotatable bonds is 9. The first-order valence-corrected chi connectivity index (χ1v) is 8.49. The van der Waals surface area contributed by atoms with Crippen molar-refractivity contribution in [1.29, 1.82) is 0 Å². The third-order valence-electron chi connectivity index (χ3n) is 3.93. The molecule has 12 heteroatoms. The topological polar surface area (TPSA) is 163 Å². The van der Waals surface area contributed by atoms with Gasteiger partial charge in [-0.3, -0.25) is 29.8 Å². The van der Waals surface area contributed by atoms with Gasteiger partial charge in [0.15, 0.2) is 0 Å². The minimum atomic E-state index is -0.673. The van der Waals surface area contributed by atoms with Crippen molar-refractivity contribution in [2.75, 3.05) is 24.9 Å². The molecular formula is C18H18N4O8. The van der Waals surface area contributed by atoms with Gasteiger partial charge in [0.2, 0.25) is 11.8 Å². The van der Waals surface area contributed by atoms with Crippen LogP contribution in [0.1, 0.15) is 12.8 Å². The van der Waals surface area contributed by atoms with Crippen LogP contribution in [0.5, 0.6) is 11.5 Å². The van der Waals surface area contributed by atoms with Crippen molar-refractivity contribution in [3.8, 4) is 11.5 Å². The maximum atomic E-state index is 12.1. The van der Waals surface area contributed by atoms with Crippen molar-refractivity contribution in [3.05, 3.63) is 56.6 Å². The molecule has 0 aliphatic heterocycles. The summed E-state index contributed by atoms with van der Waals surface area (Å²) >= 11 is 0. The van der Waals surface area contributed by atoms with Crippen LogP contribution >= 0.6 is 0 Å². The van der Waals surface area contributed by atoms with Crippen molar-refractivity contribution in [1.82, 2.24) is 0 Å². The smallest absolute Gasteiger partial charge is 0.296 e. The van der Waals surface area contributed by atoms with Gasteiger partial charge in [0, 0.05) is 12.8 Å². The average Bonchev–Trinajstić information content (AvgIpc) is 2.72. The van der Waals surface area contributed by atoms with E-state index >= 15 is 0 Å². The number of benzene rings is 2. The molecule has 0 saturated carbocycles. The molecule has 2 N–H and O–H groups in total. The number of carbonyl (C=O) groups excluding carboxylic acids is 2. The van der Waals surface area contributed by atoms with E-state index in [9.17, 15) is 29.8 Å². The summed E-state index contributed by atoms with van der Waals surface area (Å²) in [5.41, 5.74) is -0.809. The maximum absolute atomic E-state index is 12.1. The van der Waals surface area contributed by atoms with E-state index in [1.807, 2.05) is 0 Å². The summed E-state index contributed by atoms with van der Waals surface area (Å²) in [5.74, 6) is -0.773. The molecule has 0 fully saturated rings. The van der Waals surface area contributed by atoms with Crippen molar-refractivity contribution in [3.63, 3.8) is 0 Å². The van der Waals surface area contributed by atoms with E-state index < -0.39 is 21.7 Å². The van der Waals surface area contributed by atoms with Gasteiger partial charge in [0.1, 0.15) is 22.9 Å². The number of nitro benzene ring substituents is 2. The zero-order chi connectivity index (χ0) is 22.3. The SMILES string of the molecule is COc1ccc(NC(=O)CCC(=O)Nc2ccc(OC)cc2[N+](=O)[O-])c([N+](=O)[O-])c1. The Balaban J connectivity index is 2.00. The Morgan fingerprint density at radius 3 is 1.47 bits per heavy atom. The molecule has 2 rings (SSSR count). The van der Waals surface area contributed by atoms with Gasteiger partial charge in [-0.25, -0.2) is 0 Å². The number of methoxy groups -OCH3 is 2. The largest absolute Gasteiger partial charge is 0.496 e. The molecule has 0 aromatic heterocycles. The Morgan fingerprint density at radius 1 is 0.800 bits per heavy atom. The number of nitro groups is 2. The third-order valence-corrected chi connectivity index (χ3v) is 3.93. The first-order chi connectivity index (χ1) is 14.2. The Labute approximate surface area is 170 Å². The number of hydrogen-bond donors (Lipinski definition) is 2. The van der Waals surface area contributed by atoms with Crippen molar-refractivity contribution < 1.29 is 28.9 Å². The van der Waals surface area contributed by atoms with Crippen LogP contribution in [0.2, 0.25) is 0 Å². The number of nitrogens with one attached hydrogen (secondary N) is 2. The van der Waals surface area contributed by atoms with Crippen LogP contribution in [0.15, 0.2) is 36.4 Å².